The fourth-order valence-electron chi connectivity index (χ4n) is 1.78. The highest BCUT2D eigenvalue weighted by atomic mass is 32.2. The number of sulfonamides is 1. The minimum atomic E-state index is -4.03. The molecule has 0 saturated heterocycles. The smallest absolute Gasteiger partial charge is 0.308 e. The molecule has 0 amide bonds. The van der Waals surface area contributed by atoms with Gasteiger partial charge in [0.05, 0.1) is 16.0 Å². The number of non-ortho nitro benzene ring substituents is 1. The first-order valence-electron chi connectivity index (χ1n) is 6.86. The molecule has 0 radical (unpaired) electrons. The predicted octanol–water partition coefficient (Wildman–Crippen LogP) is 1.83. The van der Waals surface area contributed by atoms with Gasteiger partial charge >= 0.3 is 5.97 Å². The number of hydrogen-bond donors (Lipinski definition) is 1. The van der Waals surface area contributed by atoms with E-state index >= 15 is 0 Å². The Morgan fingerprint density at radius 3 is 2.52 bits per heavy atom. The van der Waals surface area contributed by atoms with Gasteiger partial charge in [-0.3, -0.25) is 14.9 Å². The van der Waals surface area contributed by atoms with Crippen LogP contribution in [0.3, 0.4) is 0 Å². The average molecular weight is 363 g/mol. The van der Waals surface area contributed by atoms with Crippen LogP contribution in [-0.2, 0) is 14.8 Å². The number of nitro benzene ring substituents is 1. The Morgan fingerprint density at radius 1 is 1.24 bits per heavy atom. The third kappa shape index (κ3) is 5.11. The molecule has 0 saturated carbocycles. The number of hydrazone groups is 1. The van der Waals surface area contributed by atoms with Crippen LogP contribution < -0.4 is 9.57 Å². The number of benzene rings is 2. The van der Waals surface area contributed by atoms with Gasteiger partial charge in [-0.1, -0.05) is 6.07 Å². The third-order valence-electron chi connectivity index (χ3n) is 2.87. The molecule has 0 bridgehead atoms. The Balaban J connectivity index is 2.08. The quantitative estimate of drug-likeness (QED) is 0.274. The second-order valence-corrected chi connectivity index (χ2v) is 6.43. The molecular weight excluding hydrogens is 350 g/mol. The molecule has 0 aliphatic rings. The predicted molar refractivity (Wildman–Crippen MR) is 88.8 cm³/mol. The van der Waals surface area contributed by atoms with Crippen LogP contribution >= 0.6 is 0 Å². The van der Waals surface area contributed by atoms with Gasteiger partial charge in [0.15, 0.2) is 0 Å². The van der Waals surface area contributed by atoms with E-state index in [0.717, 1.165) is 6.07 Å². The fraction of sp³-hybridized carbons (Fsp3) is 0.0667. The van der Waals surface area contributed by atoms with Crippen LogP contribution in [0, 0.1) is 10.1 Å². The molecule has 0 heterocycles. The summed E-state index contributed by atoms with van der Waals surface area (Å²) in [5.41, 5.74) is 0.213. The van der Waals surface area contributed by atoms with E-state index in [2.05, 4.69) is 5.10 Å². The molecule has 2 aromatic carbocycles. The van der Waals surface area contributed by atoms with Gasteiger partial charge in [0.1, 0.15) is 5.75 Å². The summed E-state index contributed by atoms with van der Waals surface area (Å²) in [6.07, 6.45) is 1.24. The van der Waals surface area contributed by atoms with E-state index in [1.165, 1.54) is 43.5 Å². The monoisotopic (exact) mass is 363 g/mol. The largest absolute Gasteiger partial charge is 0.427 e. The van der Waals surface area contributed by atoms with Crippen molar-refractivity contribution in [3.63, 3.8) is 0 Å². The minimum absolute atomic E-state index is 0.274. The van der Waals surface area contributed by atoms with Gasteiger partial charge in [-0.05, 0) is 35.9 Å². The molecule has 0 aliphatic heterocycles. The standard InChI is InChI=1S/C15H13N3O6S/c1-11(19)24-14-7-5-12(6-8-14)10-16-17-25(22,23)15-4-2-3-13(9-15)18(20)21/h2-10,17H,1H3/b16-10+. The van der Waals surface area contributed by atoms with Crippen LogP contribution in [0.25, 0.3) is 0 Å². The first kappa shape index (κ1) is 18.1. The molecule has 10 heteroatoms. The first-order chi connectivity index (χ1) is 11.8. The average Bonchev–Trinajstić information content (AvgIpc) is 2.56. The van der Waals surface area contributed by atoms with Crippen molar-refractivity contribution in [2.75, 3.05) is 0 Å². The maximum absolute atomic E-state index is 12.1. The van der Waals surface area contributed by atoms with Crippen LogP contribution in [0.4, 0.5) is 5.69 Å². The summed E-state index contributed by atoms with van der Waals surface area (Å²) in [5, 5.41) is 14.3. The third-order valence-corrected chi connectivity index (χ3v) is 4.09. The highest BCUT2D eigenvalue weighted by molar-refractivity contribution is 7.89. The molecule has 2 aromatic rings. The summed E-state index contributed by atoms with van der Waals surface area (Å²) in [4.78, 5) is 22.5. The molecule has 0 unspecified atom stereocenters. The van der Waals surface area contributed by atoms with Gasteiger partial charge in [0.25, 0.3) is 15.7 Å². The molecule has 0 spiro atoms. The maximum Gasteiger partial charge on any atom is 0.308 e. The van der Waals surface area contributed by atoms with Crippen LogP contribution in [0.2, 0.25) is 0 Å². The van der Waals surface area contributed by atoms with E-state index in [1.807, 2.05) is 4.83 Å². The maximum atomic E-state index is 12.1. The molecule has 9 nitrogen and oxygen atoms in total. The molecule has 1 N–H and O–H groups in total. The number of carbonyl (C=O) groups is 1. The Bertz CT molecular complexity index is 923. The van der Waals surface area contributed by atoms with Crippen molar-refractivity contribution in [2.24, 2.45) is 5.10 Å². The molecule has 130 valence electrons. The van der Waals surface area contributed by atoms with Gasteiger partial charge in [-0.25, -0.2) is 4.83 Å². The van der Waals surface area contributed by atoms with Gasteiger partial charge < -0.3 is 4.74 Å². The van der Waals surface area contributed by atoms with E-state index in [9.17, 15) is 23.3 Å². The molecule has 0 fully saturated rings. The van der Waals surface area contributed by atoms with Crippen molar-refractivity contribution in [1.82, 2.24) is 4.83 Å². The fourth-order valence-corrected chi connectivity index (χ4v) is 2.61. The van der Waals surface area contributed by atoms with E-state index in [0.29, 0.717) is 11.3 Å². The van der Waals surface area contributed by atoms with Crippen molar-refractivity contribution in [3.8, 4) is 5.75 Å². The lowest BCUT2D eigenvalue weighted by molar-refractivity contribution is -0.385. The lowest BCUT2D eigenvalue weighted by Gasteiger charge is -2.03. The van der Waals surface area contributed by atoms with Crippen LogP contribution in [-0.4, -0.2) is 25.5 Å². The summed E-state index contributed by atoms with van der Waals surface area (Å²) >= 11 is 0. The topological polar surface area (TPSA) is 128 Å². The summed E-state index contributed by atoms with van der Waals surface area (Å²) in [5.74, 6) is -0.104. The van der Waals surface area contributed by atoms with Crippen LogP contribution in [0.5, 0.6) is 5.75 Å². The number of esters is 1. The number of rotatable bonds is 6. The zero-order valence-electron chi connectivity index (χ0n) is 12.9. The number of nitro groups is 1. The van der Waals surface area contributed by atoms with E-state index in [1.54, 1.807) is 12.1 Å². The summed E-state index contributed by atoms with van der Waals surface area (Å²) in [6, 6.07) is 10.8. The minimum Gasteiger partial charge on any atom is -0.427 e. The van der Waals surface area contributed by atoms with Gasteiger partial charge in [0, 0.05) is 19.1 Å². The molecule has 0 aliphatic carbocycles. The number of nitrogens with zero attached hydrogens (tertiary/aromatic N) is 2. The van der Waals surface area contributed by atoms with Crippen LogP contribution in [0.15, 0.2) is 58.5 Å². The molecule has 25 heavy (non-hydrogen) atoms. The summed E-state index contributed by atoms with van der Waals surface area (Å²) < 4.78 is 29.0. The van der Waals surface area contributed by atoms with E-state index in [4.69, 9.17) is 4.74 Å². The van der Waals surface area contributed by atoms with Gasteiger partial charge in [0.2, 0.25) is 0 Å². The Kier molecular flexibility index (Phi) is 5.45. The second-order valence-electron chi connectivity index (χ2n) is 4.77. The molecule has 2 rings (SSSR count). The zero-order chi connectivity index (χ0) is 18.4. The zero-order valence-corrected chi connectivity index (χ0v) is 13.8. The van der Waals surface area contributed by atoms with Crippen molar-refractivity contribution >= 4 is 27.9 Å². The van der Waals surface area contributed by atoms with Gasteiger partial charge in [-0.15, -0.1) is 0 Å². The summed E-state index contributed by atoms with van der Waals surface area (Å²) in [7, 11) is -4.03. The van der Waals surface area contributed by atoms with Crippen molar-refractivity contribution in [3.05, 3.63) is 64.2 Å². The van der Waals surface area contributed by atoms with Crippen molar-refractivity contribution in [2.45, 2.75) is 11.8 Å². The van der Waals surface area contributed by atoms with Gasteiger partial charge in [-0.2, -0.15) is 13.5 Å². The lowest BCUT2D eigenvalue weighted by atomic mass is 10.2. The number of nitrogens with one attached hydrogen (secondary N) is 1. The first-order valence-corrected chi connectivity index (χ1v) is 8.34. The number of carbonyl (C=O) groups excluding carboxylic acids is 1. The number of hydrogen-bond acceptors (Lipinski definition) is 7. The molecule has 0 atom stereocenters. The van der Waals surface area contributed by atoms with E-state index in [-0.39, 0.29) is 10.6 Å². The molecular formula is C15H13N3O6S. The Morgan fingerprint density at radius 2 is 1.92 bits per heavy atom. The van der Waals surface area contributed by atoms with Crippen molar-refractivity contribution in [1.29, 1.82) is 0 Å². The molecule has 0 aromatic heterocycles. The van der Waals surface area contributed by atoms with Crippen LogP contribution in [0.1, 0.15) is 12.5 Å². The highest BCUT2D eigenvalue weighted by Crippen LogP contribution is 2.17. The SMILES string of the molecule is CC(=O)Oc1ccc(/C=N/NS(=O)(=O)c2cccc([N+](=O)[O-])c2)cc1. The number of ether oxygens (including phenoxy) is 1. The second kappa shape index (κ2) is 7.53. The van der Waals surface area contributed by atoms with E-state index < -0.39 is 20.9 Å². The summed E-state index contributed by atoms with van der Waals surface area (Å²) in [6.45, 7) is 1.28. The lowest BCUT2D eigenvalue weighted by Crippen LogP contribution is -2.18. The Labute approximate surface area is 143 Å². The highest BCUT2D eigenvalue weighted by Gasteiger charge is 2.16. The van der Waals surface area contributed by atoms with Crippen molar-refractivity contribution < 1.29 is 22.9 Å². The Hall–Kier alpha value is -3.27. The normalized spacial score (nSPS) is 11.2.